The second-order valence-corrected chi connectivity index (χ2v) is 8.53. The van der Waals surface area contributed by atoms with E-state index in [9.17, 15) is 19.7 Å². The van der Waals surface area contributed by atoms with Crippen LogP contribution in [0.4, 0.5) is 17.1 Å². The van der Waals surface area contributed by atoms with Crippen LogP contribution in [0.3, 0.4) is 0 Å². The first-order valence-electron chi connectivity index (χ1n) is 9.80. The number of carbonyl (C=O) groups excluding carboxylic acids is 2. The van der Waals surface area contributed by atoms with Gasteiger partial charge in [-0.15, -0.1) is 0 Å². The molecule has 0 unspecified atom stereocenters. The van der Waals surface area contributed by atoms with E-state index >= 15 is 0 Å². The number of halogens is 4. The van der Waals surface area contributed by atoms with Gasteiger partial charge >= 0.3 is 0 Å². The Morgan fingerprint density at radius 2 is 1.20 bits per heavy atom. The van der Waals surface area contributed by atoms with Gasteiger partial charge in [0.15, 0.2) is 0 Å². The molecule has 0 atom stereocenters. The lowest BCUT2D eigenvalue weighted by Crippen LogP contribution is -2.12. The third-order valence-corrected chi connectivity index (χ3v) is 5.84. The van der Waals surface area contributed by atoms with E-state index in [1.807, 2.05) is 0 Å². The Morgan fingerprint density at radius 1 is 0.743 bits per heavy atom. The number of nitrogens with one attached hydrogen (secondary N) is 2. The molecular formula is C24H15Cl4N3O4. The van der Waals surface area contributed by atoms with Crippen LogP contribution in [0.15, 0.2) is 66.7 Å². The van der Waals surface area contributed by atoms with Crippen molar-refractivity contribution < 1.29 is 14.5 Å². The summed E-state index contributed by atoms with van der Waals surface area (Å²) in [5.41, 5.74) is 0.619. The molecule has 0 aliphatic carbocycles. The summed E-state index contributed by atoms with van der Waals surface area (Å²) in [6, 6.07) is 13.6. The maximum atomic E-state index is 12.4. The van der Waals surface area contributed by atoms with Crippen molar-refractivity contribution in [1.29, 1.82) is 0 Å². The van der Waals surface area contributed by atoms with Crippen molar-refractivity contribution in [2.24, 2.45) is 0 Å². The summed E-state index contributed by atoms with van der Waals surface area (Å²) in [7, 11) is 0. The summed E-state index contributed by atoms with van der Waals surface area (Å²) in [6.45, 7) is 0. The number of benzene rings is 3. The minimum Gasteiger partial charge on any atom is -0.322 e. The molecule has 178 valence electrons. The predicted molar refractivity (Wildman–Crippen MR) is 141 cm³/mol. The quantitative estimate of drug-likeness (QED) is 0.180. The van der Waals surface area contributed by atoms with Crippen molar-refractivity contribution in [3.05, 3.63) is 108 Å². The van der Waals surface area contributed by atoms with Crippen molar-refractivity contribution >= 4 is 87.4 Å². The molecule has 0 radical (unpaired) electrons. The predicted octanol–water partition coefficient (Wildman–Crippen LogP) is 7.51. The molecule has 0 bridgehead atoms. The Morgan fingerprint density at radius 3 is 1.66 bits per heavy atom. The molecule has 2 N–H and O–H groups in total. The normalized spacial score (nSPS) is 11.1. The Kier molecular flexibility index (Phi) is 8.89. The van der Waals surface area contributed by atoms with Gasteiger partial charge in [-0.05, 0) is 48.6 Å². The molecule has 0 aliphatic rings. The van der Waals surface area contributed by atoms with Gasteiger partial charge in [-0.1, -0.05) is 58.5 Å². The molecule has 0 fully saturated rings. The number of nitro benzene ring substituents is 1. The average Bonchev–Trinajstić information content (AvgIpc) is 2.78. The number of hydrogen-bond donors (Lipinski definition) is 2. The molecule has 0 aromatic heterocycles. The van der Waals surface area contributed by atoms with E-state index in [0.717, 1.165) is 12.1 Å². The van der Waals surface area contributed by atoms with E-state index in [1.54, 1.807) is 36.4 Å². The van der Waals surface area contributed by atoms with E-state index in [0.29, 0.717) is 31.2 Å². The topological polar surface area (TPSA) is 101 Å². The van der Waals surface area contributed by atoms with Crippen LogP contribution in [0.5, 0.6) is 0 Å². The highest BCUT2D eigenvalue weighted by Crippen LogP contribution is 2.29. The van der Waals surface area contributed by atoms with Gasteiger partial charge in [0.2, 0.25) is 11.8 Å². The van der Waals surface area contributed by atoms with E-state index in [4.69, 9.17) is 46.4 Å². The second-order valence-electron chi connectivity index (χ2n) is 6.90. The molecule has 7 nitrogen and oxygen atoms in total. The molecule has 2 amide bonds. The van der Waals surface area contributed by atoms with E-state index in [1.165, 1.54) is 30.4 Å². The largest absolute Gasteiger partial charge is 0.322 e. The fourth-order valence-electron chi connectivity index (χ4n) is 2.89. The van der Waals surface area contributed by atoms with Crippen molar-refractivity contribution in [2.75, 3.05) is 10.6 Å². The Balaban J connectivity index is 1.77. The summed E-state index contributed by atoms with van der Waals surface area (Å²) in [5, 5.41) is 17.8. The smallest absolute Gasteiger partial charge is 0.292 e. The number of rotatable bonds is 7. The molecule has 0 saturated carbocycles. The molecule has 35 heavy (non-hydrogen) atoms. The highest BCUT2D eigenvalue weighted by Gasteiger charge is 2.16. The van der Waals surface area contributed by atoms with Gasteiger partial charge in [-0.25, -0.2) is 0 Å². The molecule has 0 heterocycles. The highest BCUT2D eigenvalue weighted by molar-refractivity contribution is 6.37. The third-order valence-electron chi connectivity index (χ3n) is 4.52. The number of amides is 2. The number of nitro groups is 1. The Bertz CT molecular complexity index is 1330. The summed E-state index contributed by atoms with van der Waals surface area (Å²) in [4.78, 5) is 35.5. The molecule has 3 aromatic rings. The minimum atomic E-state index is -0.666. The monoisotopic (exact) mass is 549 g/mol. The van der Waals surface area contributed by atoms with Crippen LogP contribution < -0.4 is 10.6 Å². The van der Waals surface area contributed by atoms with Crippen LogP contribution in [0.25, 0.3) is 12.2 Å². The van der Waals surface area contributed by atoms with Gasteiger partial charge in [0.1, 0.15) is 5.69 Å². The zero-order valence-electron chi connectivity index (χ0n) is 17.6. The van der Waals surface area contributed by atoms with Crippen molar-refractivity contribution in [3.8, 4) is 0 Å². The standard InChI is InChI=1S/C24H15Cl4N3O4/c25-17-3-1-4-18(26)15(17)8-11-23(32)29-14-7-10-22(31(34)35)21(13-14)30-24(33)12-9-16-19(27)5-2-6-20(16)28/h1-13H,(H,29,32)(H,30,33)/b11-8+,12-9+. The van der Waals surface area contributed by atoms with Crippen molar-refractivity contribution in [1.82, 2.24) is 0 Å². The third kappa shape index (κ3) is 7.07. The molecular weight excluding hydrogens is 536 g/mol. The zero-order valence-corrected chi connectivity index (χ0v) is 20.6. The van der Waals surface area contributed by atoms with Crippen LogP contribution >= 0.6 is 46.4 Å². The SMILES string of the molecule is O=C(/C=C/c1c(Cl)cccc1Cl)Nc1ccc([N+](=O)[O-])c(NC(=O)/C=C/c2c(Cl)cccc2Cl)c1. The van der Waals surface area contributed by atoms with E-state index in [-0.39, 0.29) is 17.1 Å². The maximum Gasteiger partial charge on any atom is 0.292 e. The number of hydrogen-bond acceptors (Lipinski definition) is 4. The highest BCUT2D eigenvalue weighted by atomic mass is 35.5. The molecule has 0 saturated heterocycles. The van der Waals surface area contributed by atoms with Crippen LogP contribution in [0, 0.1) is 10.1 Å². The lowest BCUT2D eigenvalue weighted by Gasteiger charge is -2.08. The molecule has 0 aliphatic heterocycles. The fourth-order valence-corrected chi connectivity index (χ4v) is 3.94. The lowest BCUT2D eigenvalue weighted by atomic mass is 10.2. The molecule has 0 spiro atoms. The minimum absolute atomic E-state index is 0.120. The Hall–Kier alpha value is -3.36. The molecule has 11 heteroatoms. The van der Waals surface area contributed by atoms with Gasteiger partial charge < -0.3 is 10.6 Å². The van der Waals surface area contributed by atoms with Gasteiger partial charge in [0.05, 0.1) is 4.92 Å². The maximum absolute atomic E-state index is 12.4. The average molecular weight is 551 g/mol. The summed E-state index contributed by atoms with van der Waals surface area (Å²) < 4.78 is 0. The van der Waals surface area contributed by atoms with Crippen LogP contribution in [0.1, 0.15) is 11.1 Å². The van der Waals surface area contributed by atoms with Crippen molar-refractivity contribution in [3.63, 3.8) is 0 Å². The molecule has 3 rings (SSSR count). The number of nitrogens with zero attached hydrogens (tertiary/aromatic N) is 1. The van der Waals surface area contributed by atoms with Crippen molar-refractivity contribution in [2.45, 2.75) is 0 Å². The lowest BCUT2D eigenvalue weighted by molar-refractivity contribution is -0.383. The fraction of sp³-hybridized carbons (Fsp3) is 0. The van der Waals surface area contributed by atoms with Crippen LogP contribution in [-0.4, -0.2) is 16.7 Å². The van der Waals surface area contributed by atoms with Gasteiger partial charge in [-0.3, -0.25) is 19.7 Å². The Labute approximate surface area is 220 Å². The first kappa shape index (κ1) is 26.2. The number of anilines is 2. The zero-order chi connectivity index (χ0) is 25.5. The van der Waals surface area contributed by atoms with Gasteiger partial charge in [0, 0.05) is 55.1 Å². The summed E-state index contributed by atoms with van der Waals surface area (Å²) in [5.74, 6) is -1.21. The van der Waals surface area contributed by atoms with Gasteiger partial charge in [-0.2, -0.15) is 0 Å². The summed E-state index contributed by atoms with van der Waals surface area (Å²) >= 11 is 24.3. The summed E-state index contributed by atoms with van der Waals surface area (Å²) in [6.07, 6.45) is 5.18. The van der Waals surface area contributed by atoms with Crippen LogP contribution in [0.2, 0.25) is 20.1 Å². The number of carbonyl (C=O) groups is 2. The first-order chi connectivity index (χ1) is 16.7. The van der Waals surface area contributed by atoms with Crippen LogP contribution in [-0.2, 0) is 9.59 Å². The first-order valence-corrected chi connectivity index (χ1v) is 11.3. The second kappa shape index (κ2) is 11.9. The van der Waals surface area contributed by atoms with E-state index < -0.39 is 16.7 Å². The van der Waals surface area contributed by atoms with Gasteiger partial charge in [0.25, 0.3) is 5.69 Å². The molecule has 3 aromatic carbocycles. The van der Waals surface area contributed by atoms with E-state index in [2.05, 4.69) is 10.6 Å².